The van der Waals surface area contributed by atoms with Gasteiger partial charge in [-0.3, -0.25) is 10.2 Å². The third-order valence-corrected chi connectivity index (χ3v) is 5.30. The molecule has 0 saturated carbocycles. The molecule has 1 N–H and O–H groups in total. The molecule has 1 saturated heterocycles. The number of hydrazone groups is 1. The lowest BCUT2D eigenvalue weighted by Crippen LogP contribution is -2.50. The van der Waals surface area contributed by atoms with Crippen LogP contribution in [0.4, 0.5) is 15.8 Å². The number of methoxy groups -OCH3 is 1. The van der Waals surface area contributed by atoms with Crippen LogP contribution in [0.2, 0.25) is 0 Å². The normalized spacial score (nSPS) is 14.8. The minimum absolute atomic E-state index is 0.169. The second kappa shape index (κ2) is 8.83. The molecule has 0 radical (unpaired) electrons. The fourth-order valence-corrected chi connectivity index (χ4v) is 3.72. The highest BCUT2D eigenvalue weighted by Gasteiger charge is 2.23. The number of esters is 1. The van der Waals surface area contributed by atoms with E-state index in [2.05, 4.69) is 15.4 Å². The van der Waals surface area contributed by atoms with Crippen LogP contribution in [0, 0.1) is 5.82 Å². The third kappa shape index (κ3) is 4.48. The van der Waals surface area contributed by atoms with Gasteiger partial charge in [0.25, 0.3) is 0 Å². The molecule has 2 aromatic rings. The third-order valence-electron chi connectivity index (χ3n) is 4.40. The maximum atomic E-state index is 13.1. The van der Waals surface area contributed by atoms with Gasteiger partial charge in [0.15, 0.2) is 11.6 Å². The molecule has 1 aliphatic rings. The van der Waals surface area contributed by atoms with Crippen molar-refractivity contribution in [2.45, 2.75) is 6.92 Å². The molecule has 1 aliphatic heterocycles. The van der Waals surface area contributed by atoms with Crippen molar-refractivity contribution in [2.75, 3.05) is 43.6 Å². The standard InChI is InChI=1S/C19H21FN4O3S/c1-13(25)18(22-21-16-7-12-28-17(16)19(26)27-2)24-10-8-23(9-11-24)15-5-3-14(20)4-6-15/h3-7,12,21H,8-11H2,1-2H3/b22-18+. The fourth-order valence-electron chi connectivity index (χ4n) is 2.96. The van der Waals surface area contributed by atoms with E-state index in [4.69, 9.17) is 4.74 Å². The van der Waals surface area contributed by atoms with Crippen LogP contribution in [0.25, 0.3) is 0 Å². The number of benzene rings is 1. The number of amidine groups is 1. The molecule has 0 bridgehead atoms. The molecule has 7 nitrogen and oxygen atoms in total. The summed E-state index contributed by atoms with van der Waals surface area (Å²) in [6.45, 7) is 4.03. The first-order chi connectivity index (χ1) is 13.5. The van der Waals surface area contributed by atoms with Gasteiger partial charge in [0.05, 0.1) is 12.8 Å². The number of thiophene rings is 1. The number of Topliss-reactive ketones (excluding diaryl/α,β-unsaturated/α-hetero) is 1. The molecule has 0 aliphatic carbocycles. The number of anilines is 2. The number of ketones is 1. The van der Waals surface area contributed by atoms with Crippen molar-refractivity contribution in [1.82, 2.24) is 4.90 Å². The van der Waals surface area contributed by atoms with E-state index in [1.165, 1.54) is 37.5 Å². The Balaban J connectivity index is 1.67. The van der Waals surface area contributed by atoms with E-state index in [1.54, 1.807) is 23.6 Å². The topological polar surface area (TPSA) is 74.2 Å². The van der Waals surface area contributed by atoms with Gasteiger partial charge >= 0.3 is 5.97 Å². The number of carbonyl (C=O) groups excluding carboxylic acids is 2. The minimum Gasteiger partial charge on any atom is -0.465 e. The van der Waals surface area contributed by atoms with Crippen molar-refractivity contribution in [3.8, 4) is 0 Å². The smallest absolute Gasteiger partial charge is 0.350 e. The van der Waals surface area contributed by atoms with Gasteiger partial charge in [-0.1, -0.05) is 0 Å². The number of hydrogen-bond donors (Lipinski definition) is 1. The van der Waals surface area contributed by atoms with Crippen LogP contribution in [0.5, 0.6) is 0 Å². The van der Waals surface area contributed by atoms with E-state index in [9.17, 15) is 14.0 Å². The van der Waals surface area contributed by atoms with Crippen LogP contribution in [0.1, 0.15) is 16.6 Å². The summed E-state index contributed by atoms with van der Waals surface area (Å²) < 4.78 is 17.8. The first kappa shape index (κ1) is 19.8. The number of ether oxygens (including phenoxy) is 1. The summed E-state index contributed by atoms with van der Waals surface area (Å²) in [5.74, 6) is -0.581. The van der Waals surface area contributed by atoms with Crippen molar-refractivity contribution in [1.29, 1.82) is 0 Å². The van der Waals surface area contributed by atoms with Crippen LogP contribution in [-0.4, -0.2) is 55.8 Å². The van der Waals surface area contributed by atoms with E-state index in [0.717, 1.165) is 5.69 Å². The number of nitrogens with one attached hydrogen (secondary N) is 1. The van der Waals surface area contributed by atoms with Crippen molar-refractivity contribution < 1.29 is 18.7 Å². The fraction of sp³-hybridized carbons (Fsp3) is 0.316. The lowest BCUT2D eigenvalue weighted by molar-refractivity contribution is -0.111. The number of carbonyl (C=O) groups is 2. The minimum atomic E-state index is -0.454. The zero-order valence-corrected chi connectivity index (χ0v) is 16.5. The molecule has 9 heteroatoms. The van der Waals surface area contributed by atoms with Crippen molar-refractivity contribution >= 4 is 40.3 Å². The van der Waals surface area contributed by atoms with Crippen LogP contribution < -0.4 is 10.3 Å². The van der Waals surface area contributed by atoms with Crippen LogP contribution >= 0.6 is 11.3 Å². The Morgan fingerprint density at radius 2 is 1.82 bits per heavy atom. The summed E-state index contributed by atoms with van der Waals surface area (Å²) in [7, 11) is 1.32. The Morgan fingerprint density at radius 3 is 2.43 bits per heavy atom. The first-order valence-electron chi connectivity index (χ1n) is 8.75. The number of hydrogen-bond acceptors (Lipinski definition) is 7. The van der Waals surface area contributed by atoms with Crippen LogP contribution in [-0.2, 0) is 9.53 Å². The lowest BCUT2D eigenvalue weighted by atomic mass is 10.2. The van der Waals surface area contributed by atoms with Crippen LogP contribution in [0.15, 0.2) is 40.8 Å². The second-order valence-electron chi connectivity index (χ2n) is 6.21. The summed E-state index contributed by atoms with van der Waals surface area (Å²) in [6, 6.07) is 8.08. The zero-order chi connectivity index (χ0) is 20.1. The Bertz CT molecular complexity index is 874. The quantitative estimate of drug-likeness (QED) is 0.358. The first-order valence-corrected chi connectivity index (χ1v) is 9.63. The maximum Gasteiger partial charge on any atom is 0.350 e. The molecular formula is C19H21FN4O3S. The SMILES string of the molecule is COC(=O)c1sccc1N/N=C(\C(C)=O)N1CCN(c2ccc(F)cc2)CC1. The molecule has 0 spiro atoms. The molecule has 0 amide bonds. The van der Waals surface area contributed by atoms with Crippen LogP contribution in [0.3, 0.4) is 0 Å². The average Bonchev–Trinajstić information content (AvgIpc) is 3.17. The maximum absolute atomic E-state index is 13.1. The summed E-state index contributed by atoms with van der Waals surface area (Å²) >= 11 is 1.24. The van der Waals surface area contributed by atoms with Gasteiger partial charge in [-0.2, -0.15) is 5.10 Å². The van der Waals surface area contributed by atoms with Gasteiger partial charge in [-0.25, -0.2) is 9.18 Å². The lowest BCUT2D eigenvalue weighted by Gasteiger charge is -2.37. The molecule has 1 aromatic heterocycles. The van der Waals surface area contributed by atoms with Gasteiger partial charge < -0.3 is 14.5 Å². The summed E-state index contributed by atoms with van der Waals surface area (Å²) in [5, 5.41) is 6.00. The van der Waals surface area contributed by atoms with Crippen molar-refractivity contribution in [3.05, 3.63) is 46.4 Å². The van der Waals surface area contributed by atoms with E-state index >= 15 is 0 Å². The van der Waals surface area contributed by atoms with Gasteiger partial charge in [0.1, 0.15) is 10.7 Å². The number of rotatable bonds is 5. The zero-order valence-electron chi connectivity index (χ0n) is 15.6. The van der Waals surface area contributed by atoms with Gasteiger partial charge in [0.2, 0.25) is 0 Å². The summed E-state index contributed by atoms with van der Waals surface area (Å²) in [4.78, 5) is 28.3. The molecular weight excluding hydrogens is 383 g/mol. The molecule has 28 heavy (non-hydrogen) atoms. The highest BCUT2D eigenvalue weighted by atomic mass is 32.1. The predicted octanol–water partition coefficient (Wildman–Crippen LogP) is 2.81. The predicted molar refractivity (Wildman–Crippen MR) is 108 cm³/mol. The van der Waals surface area contributed by atoms with Gasteiger partial charge in [-0.05, 0) is 35.7 Å². The highest BCUT2D eigenvalue weighted by Crippen LogP contribution is 2.23. The van der Waals surface area contributed by atoms with Crippen molar-refractivity contribution in [3.63, 3.8) is 0 Å². The monoisotopic (exact) mass is 404 g/mol. The van der Waals surface area contributed by atoms with E-state index in [1.807, 2.05) is 4.90 Å². The summed E-state index contributed by atoms with van der Waals surface area (Å²) in [5.41, 5.74) is 4.26. The molecule has 2 heterocycles. The molecule has 3 rings (SSSR count). The van der Waals surface area contributed by atoms with Gasteiger partial charge in [-0.15, -0.1) is 11.3 Å². The molecule has 1 aromatic carbocycles. The molecule has 1 fully saturated rings. The van der Waals surface area contributed by atoms with Crippen molar-refractivity contribution in [2.24, 2.45) is 5.10 Å². The van der Waals surface area contributed by atoms with Gasteiger partial charge in [0, 0.05) is 38.8 Å². The Labute approximate surface area is 166 Å². The molecule has 148 valence electrons. The molecule has 0 atom stereocenters. The number of piperazine rings is 1. The second-order valence-corrected chi connectivity index (χ2v) is 7.13. The number of halogens is 1. The Kier molecular flexibility index (Phi) is 6.25. The Hall–Kier alpha value is -2.94. The highest BCUT2D eigenvalue weighted by molar-refractivity contribution is 7.12. The summed E-state index contributed by atoms with van der Waals surface area (Å²) in [6.07, 6.45) is 0. The van der Waals surface area contributed by atoms with E-state index < -0.39 is 5.97 Å². The molecule has 0 unspecified atom stereocenters. The Morgan fingerprint density at radius 1 is 1.14 bits per heavy atom. The van der Waals surface area contributed by atoms with E-state index in [0.29, 0.717) is 42.6 Å². The van der Waals surface area contributed by atoms with E-state index in [-0.39, 0.29) is 11.6 Å². The largest absolute Gasteiger partial charge is 0.465 e. The average molecular weight is 404 g/mol. The number of nitrogens with zero attached hydrogens (tertiary/aromatic N) is 3.